The van der Waals surface area contributed by atoms with E-state index in [0.29, 0.717) is 29.1 Å². The van der Waals surface area contributed by atoms with Crippen molar-refractivity contribution >= 4 is 87.9 Å². The Morgan fingerprint density at radius 1 is 0.283 bits per heavy atom. The van der Waals surface area contributed by atoms with Crippen molar-refractivity contribution in [1.29, 1.82) is 0 Å². The Bertz CT molecular complexity index is 5300. The average Bonchev–Trinajstić information content (AvgIpc) is 1.57. The van der Waals surface area contributed by atoms with Crippen molar-refractivity contribution in [3.05, 3.63) is 275 Å². The normalized spacial score (nSPS) is 14.0. The standard InChI is InChI=1S/C50H55Br2N3.C41H59BO2.C15H8Br2ClN3/c1-32-42(33-18-22-38(23-19-33)49(8,9)30-47(2,3)4)28-37(29-43(32)34-20-24-39(25-21-34)50(10,11)31-48(5,6)7)46-54-44(35-14-12-16-40(51)26-35)53-45(55-46)36-15-13-17-41(52)27-36;1-28-34(29-16-20-31(21-17-29)38(8,9)26-36(2,3)4)24-33(42-43-40(12,13)41(14,15)44-42)25-35(28)30-18-22-32(23-19-30)39(10,11)27-37(5,6)7;16-11-5-1-3-9(7-11)13-19-14(21-15(18)20-13)10-4-2-6-12(17)8-10/h12-29H,30-31H2,1-11H3;16-25H,26-27H2,1-15H3;1-8H. The van der Waals surface area contributed by atoms with E-state index < -0.39 is 18.3 Å². The largest absolute Gasteiger partial charge is 0.494 e. The summed E-state index contributed by atoms with van der Waals surface area (Å²) in [7, 11) is -0.423. The van der Waals surface area contributed by atoms with Gasteiger partial charge in [0.15, 0.2) is 29.1 Å². The summed E-state index contributed by atoms with van der Waals surface area (Å²) >= 11 is 20.2. The number of benzene rings is 10. The molecule has 120 heavy (non-hydrogen) atoms. The van der Waals surface area contributed by atoms with Crippen molar-refractivity contribution in [2.24, 2.45) is 21.7 Å². The van der Waals surface area contributed by atoms with E-state index in [2.05, 4.69) is 392 Å². The van der Waals surface area contributed by atoms with Crippen LogP contribution in [0.4, 0.5) is 0 Å². The molecule has 1 fully saturated rings. The highest BCUT2D eigenvalue weighted by atomic mass is 79.9. The first-order valence-corrected chi connectivity index (χ1v) is 45.6. The fraction of sp³-hybridized carbons (Fsp3) is 0.377. The molecule has 0 amide bonds. The van der Waals surface area contributed by atoms with Crippen LogP contribution in [-0.4, -0.2) is 48.2 Å². The molecule has 12 aromatic rings. The quantitative estimate of drug-likeness (QED) is 0.0784. The molecule has 0 spiro atoms. The summed E-state index contributed by atoms with van der Waals surface area (Å²) in [5.41, 5.74) is 23.6. The zero-order chi connectivity index (χ0) is 87.8. The number of hydrogen-bond donors (Lipinski definition) is 0. The predicted octanol–water partition coefficient (Wildman–Crippen LogP) is 31.9. The van der Waals surface area contributed by atoms with E-state index in [0.717, 1.165) is 76.9 Å². The van der Waals surface area contributed by atoms with Crippen LogP contribution in [0, 0.1) is 35.5 Å². The summed E-state index contributed by atoms with van der Waals surface area (Å²) < 4.78 is 17.0. The van der Waals surface area contributed by atoms with Crippen LogP contribution in [0.1, 0.15) is 225 Å². The molecule has 0 saturated carbocycles. The molecule has 1 saturated heterocycles. The second-order valence-corrected chi connectivity index (χ2v) is 45.4. The molecule has 0 bridgehead atoms. The van der Waals surface area contributed by atoms with Crippen LogP contribution in [0.15, 0.2) is 236 Å². The van der Waals surface area contributed by atoms with Crippen molar-refractivity contribution in [1.82, 2.24) is 29.9 Å². The molecule has 0 atom stereocenters. The van der Waals surface area contributed by atoms with Crippen LogP contribution in [0.2, 0.25) is 5.28 Å². The third kappa shape index (κ3) is 23.9. The van der Waals surface area contributed by atoms with Gasteiger partial charge in [0.2, 0.25) is 5.28 Å². The molecule has 0 radical (unpaired) electrons. The summed E-state index contributed by atoms with van der Waals surface area (Å²) in [6.07, 6.45) is 4.45. The molecule has 14 heteroatoms. The van der Waals surface area contributed by atoms with Gasteiger partial charge in [0.1, 0.15) is 0 Å². The van der Waals surface area contributed by atoms with E-state index in [-0.39, 0.29) is 48.6 Å². The van der Waals surface area contributed by atoms with Gasteiger partial charge in [-0.3, -0.25) is 0 Å². The van der Waals surface area contributed by atoms with Crippen molar-refractivity contribution in [3.8, 4) is 101 Å². The molecule has 0 aliphatic carbocycles. The lowest BCUT2D eigenvalue weighted by Gasteiger charge is -2.33. The van der Waals surface area contributed by atoms with Crippen LogP contribution in [0.3, 0.4) is 0 Å². The minimum atomic E-state index is -0.423. The van der Waals surface area contributed by atoms with Gasteiger partial charge < -0.3 is 9.31 Å². The van der Waals surface area contributed by atoms with Gasteiger partial charge in [0.05, 0.1) is 11.2 Å². The highest BCUT2D eigenvalue weighted by molar-refractivity contribution is 9.11. The topological polar surface area (TPSA) is 95.8 Å². The Balaban J connectivity index is 0.000000192. The van der Waals surface area contributed by atoms with E-state index in [4.69, 9.17) is 35.9 Å². The van der Waals surface area contributed by atoms with E-state index in [9.17, 15) is 0 Å². The maximum Gasteiger partial charge on any atom is 0.494 e. The second-order valence-electron chi connectivity index (χ2n) is 41.4. The number of rotatable bonds is 18. The van der Waals surface area contributed by atoms with E-state index in [1.54, 1.807) is 0 Å². The summed E-state index contributed by atoms with van der Waals surface area (Å²) in [5, 5.41) is 0.176. The van der Waals surface area contributed by atoms with Gasteiger partial charge in [0.25, 0.3) is 0 Å². The molecule has 1 aliphatic heterocycles. The van der Waals surface area contributed by atoms with Crippen LogP contribution >= 0.6 is 75.3 Å². The zero-order valence-corrected chi connectivity index (χ0v) is 82.7. The van der Waals surface area contributed by atoms with Crippen molar-refractivity contribution < 1.29 is 9.31 Å². The van der Waals surface area contributed by atoms with Crippen LogP contribution < -0.4 is 5.46 Å². The van der Waals surface area contributed by atoms with Crippen molar-refractivity contribution in [3.63, 3.8) is 0 Å². The van der Waals surface area contributed by atoms with Gasteiger partial charge >= 0.3 is 7.12 Å². The first-order valence-electron chi connectivity index (χ1n) is 42.0. The Morgan fingerprint density at radius 3 is 0.725 bits per heavy atom. The predicted molar refractivity (Wildman–Crippen MR) is 524 cm³/mol. The highest BCUT2D eigenvalue weighted by Crippen LogP contribution is 2.46. The molecule has 3 heterocycles. The maximum absolute atomic E-state index is 6.57. The van der Waals surface area contributed by atoms with Crippen molar-refractivity contribution in [2.45, 2.75) is 239 Å². The second kappa shape index (κ2) is 36.3. The molecular formula is C106H122BBr4ClN6O2. The molecular weight excluding hydrogens is 1760 g/mol. The molecule has 13 rings (SSSR count). The van der Waals surface area contributed by atoms with Crippen molar-refractivity contribution in [2.75, 3.05) is 0 Å². The Labute approximate surface area is 757 Å². The average molecular weight is 1880 g/mol. The molecule has 10 aromatic carbocycles. The lowest BCUT2D eigenvalue weighted by molar-refractivity contribution is 0.00578. The fourth-order valence-corrected chi connectivity index (χ4v) is 19.6. The number of halogens is 5. The van der Waals surface area contributed by atoms with Gasteiger partial charge in [-0.25, -0.2) is 19.9 Å². The van der Waals surface area contributed by atoms with Crippen LogP contribution in [0.5, 0.6) is 0 Å². The first kappa shape index (κ1) is 93.1. The lowest BCUT2D eigenvalue weighted by Crippen LogP contribution is -2.41. The Morgan fingerprint density at radius 2 is 0.500 bits per heavy atom. The molecule has 1 aliphatic rings. The lowest BCUT2D eigenvalue weighted by atomic mass is 9.71. The minimum Gasteiger partial charge on any atom is -0.399 e. The molecule has 2 aromatic heterocycles. The summed E-state index contributed by atoms with van der Waals surface area (Å²) in [6, 6.07) is 77.8. The molecule has 626 valence electrons. The summed E-state index contributed by atoms with van der Waals surface area (Å²) in [4.78, 5) is 28.3. The fourth-order valence-electron chi connectivity index (χ4n) is 17.9. The van der Waals surface area contributed by atoms with Gasteiger partial charge in [-0.15, -0.1) is 0 Å². The maximum atomic E-state index is 6.57. The van der Waals surface area contributed by atoms with Gasteiger partial charge in [-0.2, -0.15) is 9.97 Å². The van der Waals surface area contributed by atoms with Gasteiger partial charge in [-0.1, -0.05) is 360 Å². The number of nitrogens with zero attached hydrogens (tertiary/aromatic N) is 6. The third-order valence-corrected chi connectivity index (χ3v) is 25.1. The number of hydrogen-bond acceptors (Lipinski definition) is 8. The van der Waals surface area contributed by atoms with E-state index >= 15 is 0 Å². The highest BCUT2D eigenvalue weighted by Gasteiger charge is 2.52. The van der Waals surface area contributed by atoms with Crippen LogP contribution in [-0.2, 0) is 31.0 Å². The monoisotopic (exact) mass is 1870 g/mol. The van der Waals surface area contributed by atoms with E-state index in [1.807, 2.05) is 84.9 Å². The molecule has 0 unspecified atom stereocenters. The summed E-state index contributed by atoms with van der Waals surface area (Å²) in [5.74, 6) is 2.98. The Kier molecular flexibility index (Phi) is 28.2. The Hall–Kier alpha value is -7.59. The minimum absolute atomic E-state index is 0.0535. The third-order valence-electron chi connectivity index (χ3n) is 23.0. The smallest absolute Gasteiger partial charge is 0.399 e. The SMILES string of the molecule is Cc1c(-c2ccc(C(C)(C)CC(C)(C)C)cc2)cc(-c2nc(-c3cccc(Br)c3)nc(-c3cccc(Br)c3)n2)cc1-c1ccc(C(C)(C)CC(C)(C)C)cc1.Cc1c(-c2ccc(C(C)(C)CC(C)(C)C)cc2)cc(B2OC(C)(C)C(C)(C)O2)cc1-c1ccc(C(C)(C)CC(C)(C)C)cc1.Clc1nc(-c2cccc(Br)c2)nc(-c2cccc(Br)c2)n1. The molecule has 8 nitrogen and oxygen atoms in total. The van der Waals surface area contributed by atoms with Crippen LogP contribution in [0.25, 0.3) is 101 Å². The molecule has 0 N–H and O–H groups in total. The zero-order valence-electron chi connectivity index (χ0n) is 75.6. The summed E-state index contributed by atoms with van der Waals surface area (Å²) in [6.45, 7) is 59.8. The van der Waals surface area contributed by atoms with Gasteiger partial charge in [0, 0.05) is 45.7 Å². The van der Waals surface area contributed by atoms with Gasteiger partial charge in [-0.05, 0) is 266 Å². The number of aromatic nitrogens is 6. The first-order chi connectivity index (χ1) is 55.7. The van der Waals surface area contributed by atoms with E-state index in [1.165, 1.54) is 77.9 Å².